The fraction of sp³-hybridized carbons (Fsp3) is 0.409. The van der Waals surface area contributed by atoms with Gasteiger partial charge >= 0.3 is 0 Å². The first-order chi connectivity index (χ1) is 13.9. The fourth-order valence-corrected chi connectivity index (χ4v) is 4.86. The molecular weight excluding hydrogens is 388 g/mol. The summed E-state index contributed by atoms with van der Waals surface area (Å²) in [6.07, 6.45) is 6.72. The predicted octanol–water partition coefficient (Wildman–Crippen LogP) is 3.58. The van der Waals surface area contributed by atoms with E-state index in [9.17, 15) is 13.2 Å². The molecule has 0 unspecified atom stereocenters. The Morgan fingerprint density at radius 3 is 2.52 bits per heavy atom. The van der Waals surface area contributed by atoms with Crippen LogP contribution in [0.25, 0.3) is 0 Å². The number of rotatable bonds is 5. The lowest BCUT2D eigenvalue weighted by Crippen LogP contribution is -2.35. The van der Waals surface area contributed by atoms with Crippen LogP contribution >= 0.6 is 0 Å². The lowest BCUT2D eigenvalue weighted by Gasteiger charge is -2.28. The summed E-state index contributed by atoms with van der Waals surface area (Å²) in [5, 5.41) is 2.98. The molecule has 154 valence electrons. The van der Waals surface area contributed by atoms with Crippen LogP contribution in [0.4, 0.5) is 5.69 Å². The molecular formula is C22H26N2O4S. The van der Waals surface area contributed by atoms with Gasteiger partial charge in [0.05, 0.1) is 12.4 Å². The Kier molecular flexibility index (Phi) is 5.61. The van der Waals surface area contributed by atoms with E-state index in [4.69, 9.17) is 4.74 Å². The number of carbonyl (C=O) groups is 1. The van der Waals surface area contributed by atoms with Crippen LogP contribution in [-0.2, 0) is 23.0 Å². The van der Waals surface area contributed by atoms with Gasteiger partial charge in [0.25, 0.3) is 5.91 Å². The number of benzene rings is 2. The van der Waals surface area contributed by atoms with E-state index >= 15 is 0 Å². The summed E-state index contributed by atoms with van der Waals surface area (Å²) in [6.45, 7) is 0.761. The topological polar surface area (TPSA) is 75.7 Å². The smallest absolute Gasteiger partial charge is 0.255 e. The zero-order valence-electron chi connectivity index (χ0n) is 16.6. The quantitative estimate of drug-likeness (QED) is 0.811. The number of sulfonamides is 1. The van der Waals surface area contributed by atoms with Crippen molar-refractivity contribution < 1.29 is 17.9 Å². The van der Waals surface area contributed by atoms with Gasteiger partial charge in [-0.15, -0.1) is 0 Å². The van der Waals surface area contributed by atoms with Crippen LogP contribution in [0.15, 0.2) is 42.5 Å². The molecule has 2 aliphatic rings. The van der Waals surface area contributed by atoms with Gasteiger partial charge in [-0.05, 0) is 73.6 Å². The summed E-state index contributed by atoms with van der Waals surface area (Å²) >= 11 is 0. The molecule has 29 heavy (non-hydrogen) atoms. The Balaban J connectivity index is 1.45. The van der Waals surface area contributed by atoms with Crippen LogP contribution in [0.5, 0.6) is 5.75 Å². The second-order valence-electron chi connectivity index (χ2n) is 7.79. The molecule has 0 radical (unpaired) electrons. The Hall–Kier alpha value is -2.38. The molecule has 0 atom stereocenters. The lowest BCUT2D eigenvalue weighted by molar-refractivity contribution is 0.102. The van der Waals surface area contributed by atoms with Crippen LogP contribution < -0.4 is 10.1 Å². The summed E-state index contributed by atoms with van der Waals surface area (Å²) in [5.74, 6) is 0.614. The van der Waals surface area contributed by atoms with Crippen LogP contribution in [0.3, 0.4) is 0 Å². The van der Waals surface area contributed by atoms with Gasteiger partial charge in [-0.2, -0.15) is 4.31 Å². The van der Waals surface area contributed by atoms with Crippen molar-refractivity contribution >= 4 is 21.6 Å². The van der Waals surface area contributed by atoms with E-state index in [-0.39, 0.29) is 12.0 Å². The molecule has 2 aromatic rings. The number of nitrogens with zero attached hydrogens (tertiary/aromatic N) is 1. The number of hydrogen-bond acceptors (Lipinski definition) is 4. The first-order valence-electron chi connectivity index (χ1n) is 10.0. The van der Waals surface area contributed by atoms with E-state index in [1.54, 1.807) is 12.1 Å². The third kappa shape index (κ3) is 4.62. The molecule has 0 bridgehead atoms. The average Bonchev–Trinajstić information content (AvgIpc) is 3.21. The molecule has 1 heterocycles. The lowest BCUT2D eigenvalue weighted by atomic mass is 9.99. The maximum Gasteiger partial charge on any atom is 0.255 e. The van der Waals surface area contributed by atoms with Gasteiger partial charge in [0.1, 0.15) is 5.75 Å². The minimum absolute atomic E-state index is 0.184. The van der Waals surface area contributed by atoms with Crippen molar-refractivity contribution in [1.82, 2.24) is 4.31 Å². The number of nitrogens with one attached hydrogen (secondary N) is 1. The summed E-state index contributed by atoms with van der Waals surface area (Å²) in [6, 6.07) is 12.9. The molecule has 1 N–H and O–H groups in total. The number of carbonyl (C=O) groups excluding carboxylic acids is 1. The Labute approximate surface area is 171 Å². The molecule has 0 spiro atoms. The van der Waals surface area contributed by atoms with E-state index in [1.807, 2.05) is 30.3 Å². The Morgan fingerprint density at radius 1 is 1.10 bits per heavy atom. The highest BCUT2D eigenvalue weighted by Crippen LogP contribution is 2.28. The standard InChI is InChI=1S/C22H26N2O4S/c1-29(26,27)24-14-13-20-17(15-24)5-4-8-21(20)23-22(25)16-9-11-19(12-10-16)28-18-6-2-3-7-18/h4-5,8-12,18H,2-3,6-7,13-15H2,1H3,(H,23,25). The highest BCUT2D eigenvalue weighted by Gasteiger charge is 2.25. The Bertz CT molecular complexity index is 996. The molecule has 0 aromatic heterocycles. The molecule has 2 aromatic carbocycles. The third-order valence-electron chi connectivity index (χ3n) is 5.67. The maximum absolute atomic E-state index is 12.7. The zero-order valence-corrected chi connectivity index (χ0v) is 17.4. The number of amides is 1. The van der Waals surface area contributed by atoms with E-state index in [0.29, 0.717) is 25.1 Å². The highest BCUT2D eigenvalue weighted by atomic mass is 32.2. The van der Waals surface area contributed by atoms with Crippen LogP contribution in [0.2, 0.25) is 0 Å². The molecule has 1 fully saturated rings. The van der Waals surface area contributed by atoms with E-state index in [2.05, 4.69) is 5.32 Å². The second-order valence-corrected chi connectivity index (χ2v) is 9.78. The van der Waals surface area contributed by atoms with Crippen LogP contribution in [0, 0.1) is 0 Å². The number of anilines is 1. The molecule has 7 heteroatoms. The normalized spacial score (nSPS) is 17.7. The van der Waals surface area contributed by atoms with Gasteiger partial charge in [0.2, 0.25) is 10.0 Å². The van der Waals surface area contributed by atoms with Crippen molar-refractivity contribution in [3.8, 4) is 5.75 Å². The highest BCUT2D eigenvalue weighted by molar-refractivity contribution is 7.88. The van der Waals surface area contributed by atoms with Crippen molar-refractivity contribution in [2.24, 2.45) is 0 Å². The van der Waals surface area contributed by atoms with Crippen molar-refractivity contribution in [3.63, 3.8) is 0 Å². The Morgan fingerprint density at radius 2 is 1.83 bits per heavy atom. The maximum atomic E-state index is 12.7. The monoisotopic (exact) mass is 414 g/mol. The van der Waals surface area contributed by atoms with Gasteiger partial charge < -0.3 is 10.1 Å². The van der Waals surface area contributed by atoms with Gasteiger partial charge in [-0.3, -0.25) is 4.79 Å². The summed E-state index contributed by atoms with van der Waals surface area (Å²) < 4.78 is 31.1. The summed E-state index contributed by atoms with van der Waals surface area (Å²) in [5.41, 5.74) is 3.24. The fourth-order valence-electron chi connectivity index (χ4n) is 4.06. The van der Waals surface area contributed by atoms with E-state index in [0.717, 1.165) is 35.4 Å². The van der Waals surface area contributed by atoms with Crippen LogP contribution in [-0.4, -0.2) is 37.5 Å². The van der Waals surface area contributed by atoms with Crippen molar-refractivity contribution in [1.29, 1.82) is 0 Å². The SMILES string of the molecule is CS(=O)(=O)N1CCc2c(cccc2NC(=O)c2ccc(OC3CCCC3)cc2)C1. The van der Waals surface area contributed by atoms with Gasteiger partial charge in [0, 0.05) is 24.3 Å². The zero-order chi connectivity index (χ0) is 20.4. The largest absolute Gasteiger partial charge is 0.490 e. The first kappa shape index (κ1) is 19.9. The molecule has 4 rings (SSSR count). The van der Waals surface area contributed by atoms with Gasteiger partial charge in [-0.25, -0.2) is 8.42 Å². The molecule has 1 aliphatic carbocycles. The average molecular weight is 415 g/mol. The van der Waals surface area contributed by atoms with Crippen molar-refractivity contribution in [2.75, 3.05) is 18.1 Å². The van der Waals surface area contributed by atoms with E-state index in [1.165, 1.54) is 23.4 Å². The van der Waals surface area contributed by atoms with Gasteiger partial charge in [-0.1, -0.05) is 12.1 Å². The minimum atomic E-state index is -3.23. The third-order valence-corrected chi connectivity index (χ3v) is 6.92. The van der Waals surface area contributed by atoms with Crippen LogP contribution in [0.1, 0.15) is 47.2 Å². The second kappa shape index (κ2) is 8.16. The number of fused-ring (bicyclic) bond motifs is 1. The predicted molar refractivity (Wildman–Crippen MR) is 113 cm³/mol. The van der Waals surface area contributed by atoms with Crippen molar-refractivity contribution in [3.05, 3.63) is 59.2 Å². The number of ether oxygens (including phenoxy) is 1. The summed E-state index contributed by atoms with van der Waals surface area (Å²) in [4.78, 5) is 12.7. The molecule has 1 amide bonds. The van der Waals surface area contributed by atoms with Gasteiger partial charge in [0.15, 0.2) is 0 Å². The summed E-state index contributed by atoms with van der Waals surface area (Å²) in [7, 11) is -3.23. The molecule has 1 aliphatic heterocycles. The van der Waals surface area contributed by atoms with Crippen molar-refractivity contribution in [2.45, 2.75) is 44.8 Å². The molecule has 6 nitrogen and oxygen atoms in total. The first-order valence-corrected chi connectivity index (χ1v) is 11.9. The number of hydrogen-bond donors (Lipinski definition) is 1. The molecule has 1 saturated carbocycles. The van der Waals surface area contributed by atoms with E-state index < -0.39 is 10.0 Å². The molecule has 0 saturated heterocycles. The minimum Gasteiger partial charge on any atom is -0.490 e.